The molecule has 0 aromatic carbocycles. The predicted molar refractivity (Wildman–Crippen MR) is 76.0 cm³/mol. The second-order valence-electron chi connectivity index (χ2n) is 6.57. The van der Waals surface area contributed by atoms with E-state index in [1.54, 1.807) is 0 Å². The van der Waals surface area contributed by atoms with Crippen molar-refractivity contribution in [1.29, 1.82) is 0 Å². The second kappa shape index (κ2) is 5.48. The van der Waals surface area contributed by atoms with Crippen LogP contribution in [0.3, 0.4) is 0 Å². The maximum absolute atomic E-state index is 12.6. The summed E-state index contributed by atoms with van der Waals surface area (Å²) < 4.78 is 5.76. The highest BCUT2D eigenvalue weighted by molar-refractivity contribution is 5.77. The zero-order valence-electron chi connectivity index (χ0n) is 12.6. The first-order chi connectivity index (χ1) is 10.0. The molecule has 0 radical (unpaired) electrons. The van der Waals surface area contributed by atoms with Crippen LogP contribution in [0.25, 0.3) is 0 Å². The van der Waals surface area contributed by atoms with Crippen LogP contribution in [0.2, 0.25) is 0 Å². The summed E-state index contributed by atoms with van der Waals surface area (Å²) in [6.45, 7) is 4.38. The molecule has 0 saturated carbocycles. The topological polar surface area (TPSA) is 70.1 Å². The molecule has 6 nitrogen and oxygen atoms in total. The van der Waals surface area contributed by atoms with Gasteiger partial charge in [-0.2, -0.15) is 0 Å². The number of urea groups is 1. The number of morpholine rings is 1. The molecule has 2 unspecified atom stereocenters. The summed E-state index contributed by atoms with van der Waals surface area (Å²) >= 11 is 0. The van der Waals surface area contributed by atoms with Gasteiger partial charge in [-0.25, -0.2) is 4.79 Å². The van der Waals surface area contributed by atoms with Crippen molar-refractivity contribution in [2.45, 2.75) is 51.2 Å². The molecule has 118 valence electrons. The number of ether oxygens (including phenoxy) is 1. The molecule has 2 atom stereocenters. The molecule has 0 spiro atoms. The third-order valence-corrected chi connectivity index (χ3v) is 5.44. The Kier molecular flexibility index (Phi) is 3.82. The van der Waals surface area contributed by atoms with E-state index in [0.29, 0.717) is 45.4 Å². The van der Waals surface area contributed by atoms with Gasteiger partial charge in [-0.05, 0) is 32.1 Å². The number of carboxylic acids is 1. The number of amides is 2. The maximum atomic E-state index is 12.6. The van der Waals surface area contributed by atoms with Gasteiger partial charge in [0.1, 0.15) is 0 Å². The Balaban J connectivity index is 1.59. The molecule has 2 amide bonds. The lowest BCUT2D eigenvalue weighted by Crippen LogP contribution is -2.54. The molecule has 6 heteroatoms. The Morgan fingerprint density at radius 1 is 1.14 bits per heavy atom. The van der Waals surface area contributed by atoms with Crippen molar-refractivity contribution in [2.75, 3.05) is 26.2 Å². The average molecular weight is 296 g/mol. The average Bonchev–Trinajstić information content (AvgIpc) is 2.84. The SMILES string of the molecule is CCC1(C(=O)O)CCN(C(=O)N2CC3CCC(C2)O3)CC1. The highest BCUT2D eigenvalue weighted by Crippen LogP contribution is 2.36. The minimum Gasteiger partial charge on any atom is -0.481 e. The molecule has 3 aliphatic heterocycles. The lowest BCUT2D eigenvalue weighted by molar-refractivity contribution is -0.152. The Labute approximate surface area is 125 Å². The fourth-order valence-electron chi connectivity index (χ4n) is 3.82. The lowest BCUT2D eigenvalue weighted by Gasteiger charge is -2.41. The van der Waals surface area contributed by atoms with E-state index in [0.717, 1.165) is 12.8 Å². The van der Waals surface area contributed by atoms with E-state index in [1.165, 1.54) is 0 Å². The summed E-state index contributed by atoms with van der Waals surface area (Å²) in [5.74, 6) is -0.721. The third kappa shape index (κ3) is 2.61. The van der Waals surface area contributed by atoms with Crippen LogP contribution in [0.1, 0.15) is 39.0 Å². The van der Waals surface area contributed by atoms with Crippen molar-refractivity contribution in [3.05, 3.63) is 0 Å². The van der Waals surface area contributed by atoms with Crippen LogP contribution in [0, 0.1) is 5.41 Å². The molecule has 1 N–H and O–H groups in total. The Hall–Kier alpha value is -1.30. The predicted octanol–water partition coefficient (Wildman–Crippen LogP) is 1.55. The lowest BCUT2D eigenvalue weighted by atomic mass is 9.76. The van der Waals surface area contributed by atoms with Gasteiger partial charge in [0.15, 0.2) is 0 Å². The summed E-state index contributed by atoms with van der Waals surface area (Å²) in [7, 11) is 0. The minimum absolute atomic E-state index is 0.0605. The molecule has 2 bridgehead atoms. The van der Waals surface area contributed by atoms with Crippen molar-refractivity contribution in [2.24, 2.45) is 5.41 Å². The molecular formula is C15H24N2O4. The van der Waals surface area contributed by atoms with Gasteiger partial charge >= 0.3 is 12.0 Å². The third-order valence-electron chi connectivity index (χ3n) is 5.44. The minimum atomic E-state index is -0.721. The number of aliphatic carboxylic acids is 1. The first-order valence-electron chi connectivity index (χ1n) is 7.97. The summed E-state index contributed by atoms with van der Waals surface area (Å²) in [4.78, 5) is 27.8. The van der Waals surface area contributed by atoms with Crippen molar-refractivity contribution >= 4 is 12.0 Å². The standard InChI is InChI=1S/C15H24N2O4/c1-2-15(13(18)19)5-7-16(8-6-15)14(20)17-9-11-3-4-12(10-17)21-11/h11-12H,2-10H2,1H3,(H,18,19). The molecule has 3 rings (SSSR count). The zero-order valence-corrected chi connectivity index (χ0v) is 12.6. The number of hydrogen-bond acceptors (Lipinski definition) is 3. The largest absolute Gasteiger partial charge is 0.481 e. The van der Waals surface area contributed by atoms with Gasteiger partial charge in [-0.1, -0.05) is 6.92 Å². The van der Waals surface area contributed by atoms with Crippen LogP contribution in [-0.2, 0) is 9.53 Å². The molecule has 0 aliphatic carbocycles. The zero-order chi connectivity index (χ0) is 15.0. The summed E-state index contributed by atoms with van der Waals surface area (Å²) in [6, 6.07) is 0.0605. The molecule has 21 heavy (non-hydrogen) atoms. The number of fused-ring (bicyclic) bond motifs is 2. The number of carbonyl (C=O) groups is 2. The van der Waals surface area contributed by atoms with Crippen molar-refractivity contribution in [1.82, 2.24) is 9.80 Å². The molecule has 3 heterocycles. The van der Waals surface area contributed by atoms with Gasteiger partial charge in [-0.3, -0.25) is 4.79 Å². The number of piperidine rings is 1. The van der Waals surface area contributed by atoms with E-state index in [-0.39, 0.29) is 18.2 Å². The van der Waals surface area contributed by atoms with Gasteiger partial charge in [0.2, 0.25) is 0 Å². The van der Waals surface area contributed by atoms with Crippen LogP contribution < -0.4 is 0 Å². The fraction of sp³-hybridized carbons (Fsp3) is 0.867. The number of rotatable bonds is 2. The van der Waals surface area contributed by atoms with Crippen LogP contribution >= 0.6 is 0 Å². The fourth-order valence-corrected chi connectivity index (χ4v) is 3.82. The van der Waals surface area contributed by atoms with Gasteiger partial charge < -0.3 is 19.6 Å². The number of carboxylic acid groups (broad SMARTS) is 1. The normalized spacial score (nSPS) is 31.3. The van der Waals surface area contributed by atoms with E-state index in [2.05, 4.69) is 0 Å². The van der Waals surface area contributed by atoms with Crippen LogP contribution in [0.5, 0.6) is 0 Å². The van der Waals surface area contributed by atoms with Gasteiger partial charge in [0.25, 0.3) is 0 Å². The van der Waals surface area contributed by atoms with Gasteiger partial charge in [0.05, 0.1) is 17.6 Å². The van der Waals surface area contributed by atoms with E-state index in [1.807, 2.05) is 16.7 Å². The number of carbonyl (C=O) groups excluding carboxylic acids is 1. The molecule has 0 aromatic rings. The van der Waals surface area contributed by atoms with E-state index in [4.69, 9.17) is 4.74 Å². The summed E-state index contributed by atoms with van der Waals surface area (Å²) in [6.07, 6.45) is 4.24. The Morgan fingerprint density at radius 3 is 2.19 bits per heavy atom. The van der Waals surface area contributed by atoms with Crippen LogP contribution in [-0.4, -0.2) is 65.3 Å². The van der Waals surface area contributed by atoms with Crippen LogP contribution in [0.15, 0.2) is 0 Å². The van der Waals surface area contributed by atoms with E-state index in [9.17, 15) is 14.7 Å². The maximum Gasteiger partial charge on any atom is 0.320 e. The number of nitrogens with zero attached hydrogens (tertiary/aromatic N) is 2. The van der Waals surface area contributed by atoms with E-state index < -0.39 is 11.4 Å². The Morgan fingerprint density at radius 2 is 1.71 bits per heavy atom. The van der Waals surface area contributed by atoms with Crippen LogP contribution in [0.4, 0.5) is 4.79 Å². The Bertz CT molecular complexity index is 419. The number of likely N-dealkylation sites (tertiary alicyclic amines) is 2. The van der Waals surface area contributed by atoms with Crippen molar-refractivity contribution in [3.8, 4) is 0 Å². The summed E-state index contributed by atoms with van der Waals surface area (Å²) in [5.41, 5.74) is -0.638. The van der Waals surface area contributed by atoms with Gasteiger partial charge in [-0.15, -0.1) is 0 Å². The molecule has 0 aromatic heterocycles. The molecular weight excluding hydrogens is 272 g/mol. The smallest absolute Gasteiger partial charge is 0.320 e. The highest BCUT2D eigenvalue weighted by atomic mass is 16.5. The van der Waals surface area contributed by atoms with Crippen molar-refractivity contribution < 1.29 is 19.4 Å². The number of hydrogen-bond donors (Lipinski definition) is 1. The first kappa shape index (κ1) is 14.6. The second-order valence-corrected chi connectivity index (χ2v) is 6.57. The summed E-state index contributed by atoms with van der Waals surface area (Å²) in [5, 5.41) is 9.41. The van der Waals surface area contributed by atoms with Crippen molar-refractivity contribution in [3.63, 3.8) is 0 Å². The van der Waals surface area contributed by atoms with E-state index >= 15 is 0 Å². The molecule has 3 aliphatic rings. The molecule has 3 saturated heterocycles. The quantitative estimate of drug-likeness (QED) is 0.839. The molecule has 3 fully saturated rings. The highest BCUT2D eigenvalue weighted by Gasteiger charge is 2.43. The monoisotopic (exact) mass is 296 g/mol. The first-order valence-corrected chi connectivity index (χ1v) is 7.97. The van der Waals surface area contributed by atoms with Gasteiger partial charge in [0, 0.05) is 26.2 Å².